The Labute approximate surface area is 219 Å². The highest BCUT2D eigenvalue weighted by Crippen LogP contribution is 2.24. The predicted octanol–water partition coefficient (Wildman–Crippen LogP) is 3.15. The monoisotopic (exact) mass is 549 g/mol. The van der Waals surface area contributed by atoms with Crippen LogP contribution in [0.2, 0.25) is 0 Å². The van der Waals surface area contributed by atoms with Gasteiger partial charge in [0.25, 0.3) is 5.91 Å². The molecular weight excluding hydrogens is 514 g/mol. The molecule has 2 aromatic carbocycles. The number of nitrogens with zero attached hydrogens (tertiary/aromatic N) is 2. The summed E-state index contributed by atoms with van der Waals surface area (Å²) in [6.07, 6.45) is 5.52. The van der Waals surface area contributed by atoms with E-state index in [9.17, 15) is 21.6 Å². The van der Waals surface area contributed by atoms with E-state index in [0.717, 1.165) is 38.5 Å². The normalized spacial score (nSPS) is 17.9. The number of carbonyl (C=O) groups excluding carboxylic acids is 1. The molecule has 0 aromatic heterocycles. The zero-order chi connectivity index (χ0) is 26.5. The smallest absolute Gasteiger partial charge is 0.251 e. The Kier molecular flexibility index (Phi) is 8.89. The van der Waals surface area contributed by atoms with Gasteiger partial charge in [0.05, 0.1) is 16.3 Å². The zero-order valence-corrected chi connectivity index (χ0v) is 22.8. The van der Waals surface area contributed by atoms with Gasteiger partial charge in [-0.2, -0.15) is 8.61 Å². The summed E-state index contributed by atoms with van der Waals surface area (Å²) in [6.45, 7) is 4.24. The number of sulfonamides is 2. The fourth-order valence-corrected chi connectivity index (χ4v) is 7.71. The summed E-state index contributed by atoms with van der Waals surface area (Å²) < 4.78 is 60.2. The van der Waals surface area contributed by atoms with Gasteiger partial charge in [-0.15, -0.1) is 0 Å². The van der Waals surface area contributed by atoms with Crippen molar-refractivity contribution in [2.45, 2.75) is 55.2 Å². The summed E-state index contributed by atoms with van der Waals surface area (Å²) in [5.74, 6) is 0.123. The SMILES string of the molecule is Cc1ccc(S(=O)(=O)N2CCCCC2)cc1C(=O)NCCOc1ccc(S(=O)(=O)N2CCCCC2)cc1. The average Bonchev–Trinajstić information content (AvgIpc) is 2.92. The maximum atomic E-state index is 13.0. The van der Waals surface area contributed by atoms with Crippen molar-refractivity contribution in [1.29, 1.82) is 0 Å². The molecule has 0 atom stereocenters. The molecule has 2 aromatic rings. The molecule has 0 radical (unpaired) electrons. The van der Waals surface area contributed by atoms with Gasteiger partial charge in [-0.05, 0) is 74.6 Å². The van der Waals surface area contributed by atoms with E-state index in [1.54, 1.807) is 31.2 Å². The molecule has 2 aliphatic rings. The quantitative estimate of drug-likeness (QED) is 0.481. The molecule has 4 rings (SSSR count). The largest absolute Gasteiger partial charge is 0.492 e. The molecule has 0 bridgehead atoms. The van der Waals surface area contributed by atoms with Crippen LogP contribution in [0.1, 0.15) is 54.4 Å². The lowest BCUT2D eigenvalue weighted by Gasteiger charge is -2.26. The number of nitrogens with one attached hydrogen (secondary N) is 1. The van der Waals surface area contributed by atoms with E-state index in [0.29, 0.717) is 43.1 Å². The lowest BCUT2D eigenvalue weighted by atomic mass is 10.1. The van der Waals surface area contributed by atoms with Crippen LogP contribution in [-0.4, -0.2) is 70.7 Å². The third-order valence-electron chi connectivity index (χ3n) is 6.84. The molecular formula is C26H35N3O6S2. The van der Waals surface area contributed by atoms with Gasteiger partial charge in [0.15, 0.2) is 0 Å². The minimum Gasteiger partial charge on any atom is -0.492 e. The third kappa shape index (κ3) is 6.51. The first-order valence-corrected chi connectivity index (χ1v) is 15.7. The number of amides is 1. The number of ether oxygens (including phenoxy) is 1. The summed E-state index contributed by atoms with van der Waals surface area (Å²) in [4.78, 5) is 13.2. The van der Waals surface area contributed by atoms with Gasteiger partial charge in [-0.3, -0.25) is 4.79 Å². The molecule has 0 aliphatic carbocycles. The maximum absolute atomic E-state index is 13.0. The van der Waals surface area contributed by atoms with Crippen molar-refractivity contribution in [3.8, 4) is 5.75 Å². The van der Waals surface area contributed by atoms with E-state index in [4.69, 9.17) is 4.74 Å². The Bertz CT molecular complexity index is 1300. The Morgan fingerprint density at radius 1 is 0.784 bits per heavy atom. The second kappa shape index (κ2) is 11.9. The van der Waals surface area contributed by atoms with Crippen molar-refractivity contribution >= 4 is 26.0 Å². The van der Waals surface area contributed by atoms with Gasteiger partial charge in [0.2, 0.25) is 20.0 Å². The second-order valence-electron chi connectivity index (χ2n) is 9.48. The molecule has 37 heavy (non-hydrogen) atoms. The molecule has 2 heterocycles. The van der Waals surface area contributed by atoms with Crippen molar-refractivity contribution in [3.05, 3.63) is 53.6 Å². The minimum absolute atomic E-state index is 0.126. The molecule has 0 spiro atoms. The Morgan fingerprint density at radius 2 is 1.30 bits per heavy atom. The van der Waals surface area contributed by atoms with Gasteiger partial charge in [0, 0.05) is 31.7 Å². The summed E-state index contributed by atoms with van der Waals surface area (Å²) in [5.41, 5.74) is 0.992. The first kappa shape index (κ1) is 27.6. The molecule has 2 saturated heterocycles. The van der Waals surface area contributed by atoms with Crippen LogP contribution in [0.3, 0.4) is 0 Å². The van der Waals surface area contributed by atoms with Gasteiger partial charge in [-0.1, -0.05) is 18.9 Å². The molecule has 11 heteroatoms. The number of hydrogen-bond donors (Lipinski definition) is 1. The van der Waals surface area contributed by atoms with Crippen molar-refractivity contribution < 1.29 is 26.4 Å². The molecule has 2 aliphatic heterocycles. The van der Waals surface area contributed by atoms with Crippen LogP contribution in [0.4, 0.5) is 0 Å². The topological polar surface area (TPSA) is 113 Å². The Morgan fingerprint density at radius 3 is 1.86 bits per heavy atom. The van der Waals surface area contributed by atoms with Crippen LogP contribution in [0.25, 0.3) is 0 Å². The fourth-order valence-electron chi connectivity index (χ4n) is 4.65. The number of rotatable bonds is 9. The number of aryl methyl sites for hydroxylation is 1. The average molecular weight is 550 g/mol. The molecule has 1 N–H and O–H groups in total. The van der Waals surface area contributed by atoms with Crippen LogP contribution in [-0.2, 0) is 20.0 Å². The van der Waals surface area contributed by atoms with E-state index in [-0.39, 0.29) is 28.8 Å². The highest BCUT2D eigenvalue weighted by Gasteiger charge is 2.27. The predicted molar refractivity (Wildman–Crippen MR) is 141 cm³/mol. The van der Waals surface area contributed by atoms with E-state index >= 15 is 0 Å². The van der Waals surface area contributed by atoms with E-state index in [1.165, 1.54) is 26.8 Å². The van der Waals surface area contributed by atoms with Crippen LogP contribution in [0.5, 0.6) is 5.75 Å². The molecule has 2 fully saturated rings. The molecule has 9 nitrogen and oxygen atoms in total. The standard InChI is InChI=1S/C26H35N3O6S2/c1-21-8-11-24(37(33,34)29-17-6-3-7-18-29)20-25(21)26(30)27-14-19-35-22-9-12-23(13-10-22)36(31,32)28-15-4-2-5-16-28/h8-13,20H,2-7,14-19H2,1H3,(H,27,30). The minimum atomic E-state index is -3.63. The number of carbonyl (C=O) groups is 1. The van der Waals surface area contributed by atoms with Gasteiger partial charge in [-0.25, -0.2) is 16.8 Å². The lowest BCUT2D eigenvalue weighted by molar-refractivity contribution is 0.0946. The first-order chi connectivity index (χ1) is 17.7. The fraction of sp³-hybridized carbons (Fsp3) is 0.500. The molecule has 1 amide bonds. The van der Waals surface area contributed by atoms with Gasteiger partial charge < -0.3 is 10.1 Å². The van der Waals surface area contributed by atoms with Crippen LogP contribution >= 0.6 is 0 Å². The van der Waals surface area contributed by atoms with Crippen molar-refractivity contribution in [2.24, 2.45) is 0 Å². The highest BCUT2D eigenvalue weighted by molar-refractivity contribution is 7.89. The number of benzene rings is 2. The second-order valence-corrected chi connectivity index (χ2v) is 13.4. The number of hydrogen-bond acceptors (Lipinski definition) is 6. The summed E-state index contributed by atoms with van der Waals surface area (Å²) >= 11 is 0. The van der Waals surface area contributed by atoms with E-state index in [2.05, 4.69) is 5.32 Å². The van der Waals surface area contributed by atoms with Gasteiger partial charge in [0.1, 0.15) is 12.4 Å². The Hall–Kier alpha value is -2.47. The van der Waals surface area contributed by atoms with E-state index < -0.39 is 20.0 Å². The van der Waals surface area contributed by atoms with Crippen LogP contribution in [0.15, 0.2) is 52.3 Å². The van der Waals surface area contributed by atoms with Gasteiger partial charge >= 0.3 is 0 Å². The summed E-state index contributed by atoms with van der Waals surface area (Å²) in [6, 6.07) is 10.9. The molecule has 0 unspecified atom stereocenters. The third-order valence-corrected chi connectivity index (χ3v) is 10.6. The number of piperidine rings is 2. The summed E-state index contributed by atoms with van der Waals surface area (Å²) in [5, 5.41) is 2.77. The summed E-state index contributed by atoms with van der Waals surface area (Å²) in [7, 11) is -7.13. The maximum Gasteiger partial charge on any atom is 0.251 e. The van der Waals surface area contributed by atoms with Crippen LogP contribution in [0, 0.1) is 6.92 Å². The Balaban J connectivity index is 1.31. The lowest BCUT2D eigenvalue weighted by Crippen LogP contribution is -2.36. The molecule has 202 valence electrons. The van der Waals surface area contributed by atoms with E-state index in [1.807, 2.05) is 0 Å². The zero-order valence-electron chi connectivity index (χ0n) is 21.2. The van der Waals surface area contributed by atoms with Crippen LogP contribution < -0.4 is 10.1 Å². The van der Waals surface area contributed by atoms with Crippen molar-refractivity contribution in [3.63, 3.8) is 0 Å². The van der Waals surface area contributed by atoms with Crippen molar-refractivity contribution in [1.82, 2.24) is 13.9 Å². The van der Waals surface area contributed by atoms with Crippen molar-refractivity contribution in [2.75, 3.05) is 39.3 Å². The molecule has 0 saturated carbocycles. The highest BCUT2D eigenvalue weighted by atomic mass is 32.2. The first-order valence-electron chi connectivity index (χ1n) is 12.8.